The van der Waals surface area contributed by atoms with Crippen molar-refractivity contribution in [3.63, 3.8) is 0 Å². The highest BCUT2D eigenvalue weighted by Crippen LogP contribution is 2.30. The lowest BCUT2D eigenvalue weighted by Gasteiger charge is -2.34. The van der Waals surface area contributed by atoms with Crippen LogP contribution in [0.15, 0.2) is 33.7 Å². The number of benzene rings is 1. The second-order valence-corrected chi connectivity index (χ2v) is 9.12. The van der Waals surface area contributed by atoms with Crippen molar-refractivity contribution in [3.8, 4) is 0 Å². The first kappa shape index (κ1) is 19.0. The third kappa shape index (κ3) is 3.53. The Labute approximate surface area is 170 Å². The number of aromatic nitrogens is 3. The average molecular weight is 447 g/mol. The number of H-pyrrole nitrogens is 1. The monoisotopic (exact) mass is 446 g/mol. The molecule has 3 aromatic rings. The molecule has 4 rings (SSSR count). The fourth-order valence-electron chi connectivity index (χ4n) is 3.79. The van der Waals surface area contributed by atoms with Crippen LogP contribution >= 0.6 is 15.9 Å². The fraction of sp³-hybridized carbons (Fsp3) is 0.450. The highest BCUT2D eigenvalue weighted by Gasteiger charge is 2.30. The average Bonchev–Trinajstić information content (AvgIpc) is 2.96. The number of carbonyl (C=O) groups excluding carboxylic acids is 1. The van der Waals surface area contributed by atoms with E-state index in [0.29, 0.717) is 18.6 Å². The third-order valence-corrected chi connectivity index (χ3v) is 5.41. The minimum Gasteiger partial charge on any atom is -0.444 e. The van der Waals surface area contributed by atoms with Crippen LogP contribution in [-0.2, 0) is 4.74 Å². The molecule has 1 atom stereocenters. The highest BCUT2D eigenvalue weighted by molar-refractivity contribution is 9.10. The standard InChI is InChI=1S/C20H23BrN4O3/c1-20(2,3)28-19(27)24-8-4-5-13(11-24)25-17-14-9-12(21)6-7-15(14)22-10-16(17)23-18(25)26/h6-7,9-10,13H,4-5,8,11H2,1-3H3,(H,23,26)/t13-/m1/s1. The van der Waals surface area contributed by atoms with Gasteiger partial charge in [-0.1, -0.05) is 15.9 Å². The number of ether oxygens (including phenoxy) is 1. The van der Waals surface area contributed by atoms with E-state index < -0.39 is 5.60 Å². The summed E-state index contributed by atoms with van der Waals surface area (Å²) in [5.74, 6) is 0. The molecule has 1 amide bonds. The van der Waals surface area contributed by atoms with E-state index in [1.807, 2.05) is 39.0 Å². The van der Waals surface area contributed by atoms with Gasteiger partial charge in [0.05, 0.1) is 28.8 Å². The van der Waals surface area contributed by atoms with Gasteiger partial charge in [-0.3, -0.25) is 9.55 Å². The van der Waals surface area contributed by atoms with E-state index in [2.05, 4.69) is 25.9 Å². The molecule has 1 fully saturated rings. The molecule has 148 valence electrons. The molecule has 0 unspecified atom stereocenters. The summed E-state index contributed by atoms with van der Waals surface area (Å²) < 4.78 is 8.23. The Morgan fingerprint density at radius 3 is 2.89 bits per heavy atom. The largest absolute Gasteiger partial charge is 0.444 e. The van der Waals surface area contributed by atoms with Crippen molar-refractivity contribution in [3.05, 3.63) is 39.4 Å². The second-order valence-electron chi connectivity index (χ2n) is 8.20. The maximum atomic E-state index is 12.8. The molecule has 28 heavy (non-hydrogen) atoms. The molecular weight excluding hydrogens is 424 g/mol. The summed E-state index contributed by atoms with van der Waals surface area (Å²) in [6.45, 7) is 6.64. The summed E-state index contributed by atoms with van der Waals surface area (Å²) in [6.07, 6.45) is 3.00. The van der Waals surface area contributed by atoms with Crippen molar-refractivity contribution in [1.82, 2.24) is 19.4 Å². The Hall–Kier alpha value is -2.35. The molecule has 8 heteroatoms. The number of nitrogens with zero attached hydrogens (tertiary/aromatic N) is 3. The Bertz CT molecular complexity index is 1110. The first-order valence-electron chi connectivity index (χ1n) is 9.39. The Balaban J connectivity index is 1.76. The smallest absolute Gasteiger partial charge is 0.410 e. The SMILES string of the molecule is CC(C)(C)OC(=O)N1CCC[C@@H](n2c(=O)[nH]c3cnc4ccc(Br)cc4c32)C1. The lowest BCUT2D eigenvalue weighted by Crippen LogP contribution is -2.44. The maximum Gasteiger partial charge on any atom is 0.410 e. The number of aromatic amines is 1. The Morgan fingerprint density at radius 1 is 1.36 bits per heavy atom. The molecule has 7 nitrogen and oxygen atoms in total. The maximum absolute atomic E-state index is 12.8. The molecule has 3 heterocycles. The van der Waals surface area contributed by atoms with E-state index in [9.17, 15) is 9.59 Å². The van der Waals surface area contributed by atoms with Gasteiger partial charge in [0.25, 0.3) is 0 Å². The number of fused-ring (bicyclic) bond motifs is 3. The van der Waals surface area contributed by atoms with E-state index in [-0.39, 0.29) is 17.8 Å². The Morgan fingerprint density at radius 2 is 2.14 bits per heavy atom. The van der Waals surface area contributed by atoms with Gasteiger partial charge in [0.1, 0.15) is 5.60 Å². The van der Waals surface area contributed by atoms with E-state index in [1.54, 1.807) is 15.7 Å². The van der Waals surface area contributed by atoms with Crippen LogP contribution in [0.2, 0.25) is 0 Å². The summed E-state index contributed by atoms with van der Waals surface area (Å²) in [5.41, 5.74) is 1.62. The van der Waals surface area contributed by atoms with E-state index in [0.717, 1.165) is 33.7 Å². The van der Waals surface area contributed by atoms with Gasteiger partial charge < -0.3 is 14.6 Å². The van der Waals surface area contributed by atoms with Gasteiger partial charge in [-0.2, -0.15) is 0 Å². The van der Waals surface area contributed by atoms with Gasteiger partial charge >= 0.3 is 11.8 Å². The molecule has 1 saturated heterocycles. The van der Waals surface area contributed by atoms with Crippen LogP contribution in [0, 0.1) is 0 Å². The van der Waals surface area contributed by atoms with E-state index >= 15 is 0 Å². The summed E-state index contributed by atoms with van der Waals surface area (Å²) in [5, 5.41) is 0.902. The normalized spacial score (nSPS) is 18.0. The topological polar surface area (TPSA) is 80.2 Å². The summed E-state index contributed by atoms with van der Waals surface area (Å²) in [6, 6.07) is 5.71. The predicted octanol–water partition coefficient (Wildman–Crippen LogP) is 4.21. The number of amides is 1. The molecule has 0 aliphatic carbocycles. The number of rotatable bonds is 1. The number of halogens is 1. The molecule has 1 aliphatic heterocycles. The van der Waals surface area contributed by atoms with Gasteiger partial charge in [0.15, 0.2) is 0 Å². The summed E-state index contributed by atoms with van der Waals surface area (Å²) in [7, 11) is 0. The van der Waals surface area contributed by atoms with Crippen LogP contribution in [0.5, 0.6) is 0 Å². The number of imidazole rings is 1. The predicted molar refractivity (Wildman–Crippen MR) is 112 cm³/mol. The molecule has 1 N–H and O–H groups in total. The molecule has 0 spiro atoms. The molecule has 1 aromatic carbocycles. The van der Waals surface area contributed by atoms with Crippen LogP contribution < -0.4 is 5.69 Å². The number of hydrogen-bond acceptors (Lipinski definition) is 4. The molecular formula is C20H23BrN4O3. The minimum absolute atomic E-state index is 0.118. The number of pyridine rings is 1. The quantitative estimate of drug-likeness (QED) is 0.606. The van der Waals surface area contributed by atoms with Crippen LogP contribution in [0.3, 0.4) is 0 Å². The van der Waals surface area contributed by atoms with Crippen LogP contribution in [0.4, 0.5) is 4.79 Å². The van der Waals surface area contributed by atoms with Crippen molar-refractivity contribution in [2.45, 2.75) is 45.3 Å². The number of likely N-dealkylation sites (tertiary alicyclic amines) is 1. The Kier molecular flexibility index (Phi) is 4.69. The van der Waals surface area contributed by atoms with Gasteiger partial charge in [0, 0.05) is 22.9 Å². The zero-order valence-corrected chi connectivity index (χ0v) is 17.7. The van der Waals surface area contributed by atoms with Crippen LogP contribution in [0.25, 0.3) is 21.9 Å². The molecule has 2 aromatic heterocycles. The fourth-order valence-corrected chi connectivity index (χ4v) is 4.15. The minimum atomic E-state index is -0.546. The highest BCUT2D eigenvalue weighted by atomic mass is 79.9. The molecule has 1 aliphatic rings. The first-order valence-corrected chi connectivity index (χ1v) is 10.2. The van der Waals surface area contributed by atoms with Crippen molar-refractivity contribution in [2.75, 3.05) is 13.1 Å². The zero-order chi connectivity index (χ0) is 20.1. The van der Waals surface area contributed by atoms with Crippen LogP contribution in [-0.4, -0.2) is 44.2 Å². The number of piperidine rings is 1. The van der Waals surface area contributed by atoms with Gasteiger partial charge in [0.2, 0.25) is 0 Å². The summed E-state index contributed by atoms with van der Waals surface area (Å²) in [4.78, 5) is 34.4. The zero-order valence-electron chi connectivity index (χ0n) is 16.2. The number of nitrogens with one attached hydrogen (secondary N) is 1. The van der Waals surface area contributed by atoms with Gasteiger partial charge in [-0.05, 0) is 51.8 Å². The van der Waals surface area contributed by atoms with E-state index in [1.165, 1.54) is 0 Å². The molecule has 0 bridgehead atoms. The van der Waals surface area contributed by atoms with E-state index in [4.69, 9.17) is 4.74 Å². The lowest BCUT2D eigenvalue weighted by molar-refractivity contribution is 0.0173. The lowest BCUT2D eigenvalue weighted by atomic mass is 10.1. The van der Waals surface area contributed by atoms with Gasteiger partial charge in [-0.15, -0.1) is 0 Å². The van der Waals surface area contributed by atoms with Crippen molar-refractivity contribution >= 4 is 44.0 Å². The third-order valence-electron chi connectivity index (χ3n) is 4.92. The van der Waals surface area contributed by atoms with Crippen LogP contribution in [0.1, 0.15) is 39.7 Å². The van der Waals surface area contributed by atoms with Crippen molar-refractivity contribution in [1.29, 1.82) is 0 Å². The second kappa shape index (κ2) is 6.92. The number of hydrogen-bond donors (Lipinski definition) is 1. The van der Waals surface area contributed by atoms with Crippen molar-refractivity contribution in [2.24, 2.45) is 0 Å². The van der Waals surface area contributed by atoms with Crippen molar-refractivity contribution < 1.29 is 9.53 Å². The number of carbonyl (C=O) groups is 1. The van der Waals surface area contributed by atoms with Gasteiger partial charge in [-0.25, -0.2) is 9.59 Å². The molecule has 0 saturated carbocycles. The summed E-state index contributed by atoms with van der Waals surface area (Å²) >= 11 is 3.51. The first-order chi connectivity index (χ1) is 13.2. The molecule has 0 radical (unpaired) electrons.